The molecule has 2 aliphatic rings. The molecule has 1 fully saturated rings. The smallest absolute Gasteiger partial charge is 0.176 e. The number of carbonyl (C=O) groups is 1. The third kappa shape index (κ3) is 2.74. The first kappa shape index (κ1) is 13.3. The minimum atomic E-state index is -0.406. The second kappa shape index (κ2) is 5.74. The van der Waals surface area contributed by atoms with Gasteiger partial charge in [-0.05, 0) is 36.5 Å². The van der Waals surface area contributed by atoms with Crippen molar-refractivity contribution in [2.24, 2.45) is 0 Å². The first-order valence-electron chi connectivity index (χ1n) is 7.15. The van der Waals surface area contributed by atoms with E-state index >= 15 is 0 Å². The van der Waals surface area contributed by atoms with Gasteiger partial charge in [-0.25, -0.2) is 0 Å². The molecule has 1 heterocycles. The molecule has 0 N–H and O–H groups in total. The Kier molecular flexibility index (Phi) is 3.81. The van der Waals surface area contributed by atoms with Gasteiger partial charge < -0.3 is 4.74 Å². The zero-order chi connectivity index (χ0) is 13.9. The summed E-state index contributed by atoms with van der Waals surface area (Å²) in [4.78, 5) is 14.3. The van der Waals surface area contributed by atoms with Crippen molar-refractivity contribution in [2.45, 2.75) is 25.4 Å². The molecule has 1 aliphatic heterocycles. The summed E-state index contributed by atoms with van der Waals surface area (Å²) in [6, 6.07) is 8.18. The van der Waals surface area contributed by atoms with Gasteiger partial charge in [0.25, 0.3) is 0 Å². The monoisotopic (exact) mass is 270 g/mol. The van der Waals surface area contributed by atoms with Crippen molar-refractivity contribution in [1.29, 1.82) is 5.26 Å². The molecule has 4 nitrogen and oxygen atoms in total. The third-order valence-corrected chi connectivity index (χ3v) is 4.08. The van der Waals surface area contributed by atoms with E-state index in [1.54, 1.807) is 0 Å². The fraction of sp³-hybridized carbons (Fsp3) is 0.500. The van der Waals surface area contributed by atoms with E-state index in [-0.39, 0.29) is 5.78 Å². The molecule has 3 rings (SSSR count). The molecule has 0 amide bonds. The highest BCUT2D eigenvalue weighted by atomic mass is 16.5. The Bertz CT molecular complexity index is 562. The van der Waals surface area contributed by atoms with Gasteiger partial charge in [0.1, 0.15) is 0 Å². The molecule has 0 saturated carbocycles. The van der Waals surface area contributed by atoms with Gasteiger partial charge in [-0.15, -0.1) is 0 Å². The van der Waals surface area contributed by atoms with Crippen LogP contribution in [0.25, 0.3) is 0 Å². The van der Waals surface area contributed by atoms with Gasteiger partial charge in [-0.3, -0.25) is 9.69 Å². The number of fused-ring (bicyclic) bond motifs is 1. The van der Waals surface area contributed by atoms with E-state index in [4.69, 9.17) is 10.00 Å². The van der Waals surface area contributed by atoms with Gasteiger partial charge in [0, 0.05) is 18.7 Å². The number of Topliss-reactive ketones (excluding diaryl/α,β-unsaturated/α-hetero) is 1. The van der Waals surface area contributed by atoms with Gasteiger partial charge in [-0.1, -0.05) is 12.1 Å². The van der Waals surface area contributed by atoms with Crippen LogP contribution in [0.5, 0.6) is 0 Å². The Morgan fingerprint density at radius 2 is 2.25 bits per heavy atom. The van der Waals surface area contributed by atoms with Crippen LogP contribution in [0.2, 0.25) is 0 Å². The molecule has 1 aromatic carbocycles. The lowest BCUT2D eigenvalue weighted by Crippen LogP contribution is -2.44. The predicted molar refractivity (Wildman–Crippen MR) is 74.6 cm³/mol. The van der Waals surface area contributed by atoms with Crippen molar-refractivity contribution in [1.82, 2.24) is 4.90 Å². The topological polar surface area (TPSA) is 53.3 Å². The predicted octanol–water partition coefficient (Wildman–Crippen LogP) is 1.58. The molecule has 20 heavy (non-hydrogen) atoms. The van der Waals surface area contributed by atoms with Gasteiger partial charge in [-0.2, -0.15) is 5.26 Å². The number of hydrogen-bond donors (Lipinski definition) is 0. The highest BCUT2D eigenvalue weighted by Gasteiger charge is 2.22. The fourth-order valence-electron chi connectivity index (χ4n) is 2.96. The van der Waals surface area contributed by atoms with Crippen LogP contribution in [-0.2, 0) is 17.6 Å². The van der Waals surface area contributed by atoms with Crippen molar-refractivity contribution < 1.29 is 9.53 Å². The number of ether oxygens (including phenoxy) is 1. The third-order valence-electron chi connectivity index (χ3n) is 4.08. The lowest BCUT2D eigenvalue weighted by molar-refractivity contribution is 0.00241. The zero-order valence-electron chi connectivity index (χ0n) is 11.5. The molecule has 0 spiro atoms. The molecule has 0 radical (unpaired) electrons. The second-order valence-electron chi connectivity index (χ2n) is 5.48. The molecule has 4 heteroatoms. The zero-order valence-corrected chi connectivity index (χ0v) is 11.5. The highest BCUT2D eigenvalue weighted by Crippen LogP contribution is 2.23. The van der Waals surface area contributed by atoms with Crippen LogP contribution in [0.1, 0.15) is 27.9 Å². The lowest BCUT2D eigenvalue weighted by atomic mass is 10.0. The van der Waals surface area contributed by atoms with E-state index in [9.17, 15) is 4.79 Å². The van der Waals surface area contributed by atoms with E-state index in [1.165, 1.54) is 17.5 Å². The molecular weight excluding hydrogens is 252 g/mol. The lowest BCUT2D eigenvalue weighted by Gasteiger charge is -2.28. The number of hydrogen-bond acceptors (Lipinski definition) is 4. The summed E-state index contributed by atoms with van der Waals surface area (Å²) in [7, 11) is 0. The first-order chi connectivity index (χ1) is 9.76. The maximum atomic E-state index is 12.3. The fourth-order valence-corrected chi connectivity index (χ4v) is 2.96. The van der Waals surface area contributed by atoms with Gasteiger partial charge in [0.05, 0.1) is 19.2 Å². The highest BCUT2D eigenvalue weighted by molar-refractivity contribution is 5.97. The number of ketones is 1. The largest absolute Gasteiger partial charge is 0.361 e. The second-order valence-corrected chi connectivity index (χ2v) is 5.48. The summed E-state index contributed by atoms with van der Waals surface area (Å²) in [6.45, 7) is 2.14. The van der Waals surface area contributed by atoms with E-state index in [0.717, 1.165) is 24.9 Å². The van der Waals surface area contributed by atoms with Crippen LogP contribution in [0.15, 0.2) is 18.2 Å². The summed E-state index contributed by atoms with van der Waals surface area (Å²) < 4.78 is 5.29. The number of rotatable bonds is 3. The molecule has 1 aromatic rings. The van der Waals surface area contributed by atoms with Crippen molar-refractivity contribution in [3.05, 3.63) is 34.9 Å². The van der Waals surface area contributed by atoms with Crippen molar-refractivity contribution >= 4 is 5.78 Å². The molecule has 104 valence electrons. The maximum absolute atomic E-state index is 12.3. The maximum Gasteiger partial charge on any atom is 0.176 e. The Morgan fingerprint density at radius 1 is 1.40 bits per heavy atom. The average Bonchev–Trinajstić information content (AvgIpc) is 2.94. The van der Waals surface area contributed by atoms with Crippen LogP contribution >= 0.6 is 0 Å². The number of nitriles is 1. The summed E-state index contributed by atoms with van der Waals surface area (Å²) in [5, 5.41) is 8.88. The number of nitrogens with zero attached hydrogens (tertiary/aromatic N) is 2. The number of benzene rings is 1. The van der Waals surface area contributed by atoms with E-state index in [0.29, 0.717) is 19.7 Å². The van der Waals surface area contributed by atoms with Gasteiger partial charge in [0.15, 0.2) is 11.9 Å². The normalized spacial score (nSPS) is 22.2. The summed E-state index contributed by atoms with van der Waals surface area (Å²) in [5.41, 5.74) is 3.51. The number of aryl methyl sites for hydroxylation is 2. The Hall–Kier alpha value is -1.70. The van der Waals surface area contributed by atoms with Crippen LogP contribution in [0.4, 0.5) is 0 Å². The molecule has 0 bridgehead atoms. The quantitative estimate of drug-likeness (QED) is 0.783. The van der Waals surface area contributed by atoms with Gasteiger partial charge in [0.2, 0.25) is 0 Å². The molecule has 1 unspecified atom stereocenters. The molecule has 1 saturated heterocycles. The van der Waals surface area contributed by atoms with E-state index in [2.05, 4.69) is 12.1 Å². The average molecular weight is 270 g/mol. The standard InChI is InChI=1S/C16H18N2O2/c17-9-15-10-18(6-7-20-15)11-16(19)14-5-4-12-2-1-3-13(12)8-14/h4-5,8,15H,1-3,6-7,10-11H2. The van der Waals surface area contributed by atoms with Crippen LogP contribution in [-0.4, -0.2) is 43.0 Å². The number of carbonyl (C=O) groups excluding carboxylic acids is 1. The SMILES string of the molecule is N#CC1CN(CC(=O)c2ccc3c(c2)CCC3)CCO1. The number of morpholine rings is 1. The van der Waals surface area contributed by atoms with Crippen LogP contribution < -0.4 is 0 Å². The molecular formula is C16H18N2O2. The summed E-state index contributed by atoms with van der Waals surface area (Å²) >= 11 is 0. The van der Waals surface area contributed by atoms with E-state index in [1.807, 2.05) is 17.0 Å². The summed E-state index contributed by atoms with van der Waals surface area (Å²) in [6.07, 6.45) is 3.01. The van der Waals surface area contributed by atoms with Crippen LogP contribution in [0.3, 0.4) is 0 Å². The molecule has 1 atom stereocenters. The minimum absolute atomic E-state index is 0.137. The van der Waals surface area contributed by atoms with E-state index < -0.39 is 6.10 Å². The van der Waals surface area contributed by atoms with Crippen LogP contribution in [0, 0.1) is 11.3 Å². The Morgan fingerprint density at radius 3 is 3.10 bits per heavy atom. The molecule has 0 aromatic heterocycles. The van der Waals surface area contributed by atoms with Crippen molar-refractivity contribution in [2.75, 3.05) is 26.2 Å². The van der Waals surface area contributed by atoms with Crippen molar-refractivity contribution in [3.8, 4) is 6.07 Å². The van der Waals surface area contributed by atoms with Gasteiger partial charge >= 0.3 is 0 Å². The Balaban J connectivity index is 1.66. The Labute approximate surface area is 118 Å². The summed E-state index contributed by atoms with van der Waals surface area (Å²) in [5.74, 6) is 0.137. The van der Waals surface area contributed by atoms with Crippen molar-refractivity contribution in [3.63, 3.8) is 0 Å². The molecule has 1 aliphatic carbocycles. The first-order valence-corrected chi connectivity index (χ1v) is 7.15. The minimum Gasteiger partial charge on any atom is -0.361 e.